The highest BCUT2D eigenvalue weighted by Crippen LogP contribution is 2.38. The fraction of sp³-hybridized carbons (Fsp3) is 0.478. The third-order valence-corrected chi connectivity index (χ3v) is 6.47. The van der Waals surface area contributed by atoms with Crippen LogP contribution in [-0.4, -0.2) is 53.4 Å². The molecule has 3 heterocycles. The topological polar surface area (TPSA) is 101 Å². The summed E-state index contributed by atoms with van der Waals surface area (Å²) in [6.07, 6.45) is 3.32. The average molecular weight is 446 g/mol. The summed E-state index contributed by atoms with van der Waals surface area (Å²) >= 11 is 0. The van der Waals surface area contributed by atoms with Gasteiger partial charge in [0.2, 0.25) is 0 Å². The molecule has 0 spiro atoms. The molecule has 4 N–H and O–H groups in total. The Kier molecular flexibility index (Phi) is 6.86. The van der Waals surface area contributed by atoms with Gasteiger partial charge in [0.1, 0.15) is 17.4 Å². The summed E-state index contributed by atoms with van der Waals surface area (Å²) < 4.78 is 33.9. The van der Waals surface area contributed by atoms with Crippen LogP contribution in [0, 0.1) is 17.6 Å². The second kappa shape index (κ2) is 9.79. The number of carbonyl (C=O) groups is 1. The van der Waals surface area contributed by atoms with Gasteiger partial charge in [-0.15, -0.1) is 0 Å². The van der Waals surface area contributed by atoms with Crippen LogP contribution < -0.4 is 15.8 Å². The lowest BCUT2D eigenvalue weighted by molar-refractivity contribution is 0.119. The molecular formula is C23H28F2N4O3. The molecule has 0 radical (unpaired) electrons. The Labute approximate surface area is 185 Å². The molecule has 9 heteroatoms. The molecule has 3 atom stereocenters. The van der Waals surface area contributed by atoms with Gasteiger partial charge in [0, 0.05) is 31.6 Å². The molecule has 1 amide bonds. The number of halogens is 2. The number of pyridine rings is 1. The van der Waals surface area contributed by atoms with Crippen LogP contribution in [0.4, 0.5) is 13.6 Å². The Balaban J connectivity index is 1.34. The van der Waals surface area contributed by atoms with E-state index in [0.29, 0.717) is 43.6 Å². The van der Waals surface area contributed by atoms with Crippen molar-refractivity contribution in [3.05, 3.63) is 59.4 Å². The quantitative estimate of drug-likeness (QED) is 0.630. The number of piperidine rings is 1. The number of carboxylic acid groups (broad SMARTS) is 1. The van der Waals surface area contributed by atoms with Crippen LogP contribution in [-0.2, 0) is 0 Å². The third-order valence-electron chi connectivity index (χ3n) is 6.47. The smallest absolute Gasteiger partial charge is 0.407 e. The number of aromatic nitrogens is 1. The highest BCUT2D eigenvalue weighted by molar-refractivity contribution is 5.64. The maximum Gasteiger partial charge on any atom is 0.407 e. The first-order chi connectivity index (χ1) is 15.4. The van der Waals surface area contributed by atoms with E-state index in [1.807, 2.05) is 12.1 Å². The van der Waals surface area contributed by atoms with Gasteiger partial charge in [0.05, 0.1) is 24.5 Å². The number of nitrogens with one attached hydrogen (secondary N) is 1. The predicted octanol–water partition coefficient (Wildman–Crippen LogP) is 3.27. The summed E-state index contributed by atoms with van der Waals surface area (Å²) in [5.41, 5.74) is 7.16. The maximum absolute atomic E-state index is 14.4. The average Bonchev–Trinajstić information content (AvgIpc) is 3.17. The molecular weight excluding hydrogens is 418 g/mol. The zero-order chi connectivity index (χ0) is 22.7. The van der Waals surface area contributed by atoms with Crippen molar-refractivity contribution in [2.45, 2.75) is 37.3 Å². The van der Waals surface area contributed by atoms with Gasteiger partial charge < -0.3 is 25.8 Å². The third kappa shape index (κ3) is 4.99. The van der Waals surface area contributed by atoms with E-state index in [-0.39, 0.29) is 17.6 Å². The van der Waals surface area contributed by atoms with Gasteiger partial charge in [-0.05, 0) is 61.1 Å². The molecule has 0 saturated carbocycles. The number of amides is 1. The molecule has 1 unspecified atom stereocenters. The van der Waals surface area contributed by atoms with Crippen LogP contribution in [0.15, 0.2) is 36.5 Å². The molecule has 0 aliphatic carbocycles. The lowest BCUT2D eigenvalue weighted by Gasteiger charge is -2.29. The van der Waals surface area contributed by atoms with Crippen LogP contribution in [0.2, 0.25) is 0 Å². The summed E-state index contributed by atoms with van der Waals surface area (Å²) in [6, 6.07) is 6.39. The van der Waals surface area contributed by atoms with Crippen molar-refractivity contribution in [2.75, 3.05) is 26.2 Å². The van der Waals surface area contributed by atoms with Crippen LogP contribution in [0.25, 0.3) is 0 Å². The Hall–Kier alpha value is -2.78. The standard InChI is InChI=1S/C23H28F2N4O3/c24-15-1-3-18(25)17(11-15)21-19(26)13-28-22(21)20-4-2-16(12-27-20)32-10-7-14-5-8-29(9-6-14)23(30)31/h1-4,11-12,14,19,21-22,28H,5-10,13,26H2,(H,30,31)/t19-,21+,22?/m0/s1. The number of ether oxygens (including phenoxy) is 1. The molecule has 2 aliphatic heterocycles. The first-order valence-electron chi connectivity index (χ1n) is 10.9. The lowest BCUT2D eigenvalue weighted by atomic mass is 9.87. The number of nitrogens with zero attached hydrogens (tertiary/aromatic N) is 2. The van der Waals surface area contributed by atoms with E-state index in [4.69, 9.17) is 15.6 Å². The van der Waals surface area contributed by atoms with E-state index < -0.39 is 23.6 Å². The first kappa shape index (κ1) is 22.4. The Morgan fingerprint density at radius 3 is 2.72 bits per heavy atom. The van der Waals surface area contributed by atoms with Gasteiger partial charge >= 0.3 is 6.09 Å². The first-order valence-corrected chi connectivity index (χ1v) is 10.9. The Bertz CT molecular complexity index is 935. The van der Waals surface area contributed by atoms with Crippen molar-refractivity contribution in [3.8, 4) is 5.75 Å². The van der Waals surface area contributed by atoms with E-state index in [0.717, 1.165) is 31.4 Å². The van der Waals surface area contributed by atoms with Gasteiger partial charge in [0.25, 0.3) is 0 Å². The monoisotopic (exact) mass is 446 g/mol. The summed E-state index contributed by atoms with van der Waals surface area (Å²) in [6.45, 7) is 2.15. The van der Waals surface area contributed by atoms with E-state index >= 15 is 0 Å². The van der Waals surface area contributed by atoms with Crippen molar-refractivity contribution >= 4 is 6.09 Å². The van der Waals surface area contributed by atoms with Gasteiger partial charge in [-0.3, -0.25) is 4.98 Å². The molecule has 1 aromatic carbocycles. The van der Waals surface area contributed by atoms with E-state index in [9.17, 15) is 13.6 Å². The lowest BCUT2D eigenvalue weighted by Crippen LogP contribution is -2.37. The zero-order valence-electron chi connectivity index (χ0n) is 17.7. The summed E-state index contributed by atoms with van der Waals surface area (Å²) in [4.78, 5) is 16.9. The van der Waals surface area contributed by atoms with Gasteiger partial charge in [-0.2, -0.15) is 0 Å². The van der Waals surface area contributed by atoms with Crippen molar-refractivity contribution in [1.29, 1.82) is 0 Å². The molecule has 4 rings (SSSR count). The second-order valence-electron chi connectivity index (χ2n) is 8.51. The molecule has 2 aromatic rings. The van der Waals surface area contributed by atoms with Crippen LogP contribution in [0.1, 0.15) is 42.5 Å². The molecule has 0 bridgehead atoms. The zero-order valence-corrected chi connectivity index (χ0v) is 17.7. The molecule has 1 aromatic heterocycles. The number of likely N-dealkylation sites (tertiary alicyclic amines) is 1. The number of hydrogen-bond acceptors (Lipinski definition) is 5. The molecule has 32 heavy (non-hydrogen) atoms. The normalized spacial score (nSPS) is 24.0. The Morgan fingerprint density at radius 1 is 1.25 bits per heavy atom. The van der Waals surface area contributed by atoms with E-state index in [1.165, 1.54) is 11.0 Å². The highest BCUT2D eigenvalue weighted by atomic mass is 19.1. The number of benzene rings is 1. The van der Waals surface area contributed by atoms with Crippen LogP contribution in [0.3, 0.4) is 0 Å². The molecule has 2 saturated heterocycles. The van der Waals surface area contributed by atoms with Gasteiger partial charge in [-0.25, -0.2) is 13.6 Å². The summed E-state index contributed by atoms with van der Waals surface area (Å²) in [5.74, 6) is -0.322. The minimum Gasteiger partial charge on any atom is -0.492 e. The van der Waals surface area contributed by atoms with Gasteiger partial charge in [0.15, 0.2) is 0 Å². The van der Waals surface area contributed by atoms with Crippen molar-refractivity contribution < 1.29 is 23.4 Å². The number of hydrogen-bond donors (Lipinski definition) is 3. The number of rotatable bonds is 6. The predicted molar refractivity (Wildman–Crippen MR) is 114 cm³/mol. The van der Waals surface area contributed by atoms with Crippen molar-refractivity contribution in [2.24, 2.45) is 11.7 Å². The second-order valence-corrected chi connectivity index (χ2v) is 8.51. The van der Waals surface area contributed by atoms with Crippen LogP contribution >= 0.6 is 0 Å². The SMILES string of the molecule is N[C@H]1CNC(c2ccc(OCCC3CCN(C(=O)O)CC3)cn2)[C@@H]1c1cc(F)ccc1F. The largest absolute Gasteiger partial charge is 0.492 e. The fourth-order valence-corrected chi connectivity index (χ4v) is 4.65. The van der Waals surface area contributed by atoms with E-state index in [2.05, 4.69) is 10.3 Å². The summed E-state index contributed by atoms with van der Waals surface area (Å²) in [7, 11) is 0. The molecule has 2 aliphatic rings. The fourth-order valence-electron chi connectivity index (χ4n) is 4.65. The minimum absolute atomic E-state index is 0.253. The van der Waals surface area contributed by atoms with Crippen LogP contribution in [0.5, 0.6) is 5.75 Å². The van der Waals surface area contributed by atoms with E-state index in [1.54, 1.807) is 6.20 Å². The minimum atomic E-state index is -0.856. The number of nitrogens with two attached hydrogens (primary N) is 1. The molecule has 2 fully saturated rings. The maximum atomic E-state index is 14.4. The molecule has 172 valence electrons. The highest BCUT2D eigenvalue weighted by Gasteiger charge is 2.38. The summed E-state index contributed by atoms with van der Waals surface area (Å²) in [5, 5.41) is 12.3. The Morgan fingerprint density at radius 2 is 2.03 bits per heavy atom. The molecule has 7 nitrogen and oxygen atoms in total. The van der Waals surface area contributed by atoms with Crippen molar-refractivity contribution in [1.82, 2.24) is 15.2 Å². The van der Waals surface area contributed by atoms with Gasteiger partial charge in [-0.1, -0.05) is 0 Å². The van der Waals surface area contributed by atoms with Crippen molar-refractivity contribution in [3.63, 3.8) is 0 Å².